The molecular formula is C15H20N2O5. The summed E-state index contributed by atoms with van der Waals surface area (Å²) < 4.78 is 5.03. The fourth-order valence-electron chi connectivity index (χ4n) is 1.55. The van der Waals surface area contributed by atoms with E-state index in [9.17, 15) is 14.4 Å². The third-order valence-electron chi connectivity index (χ3n) is 2.41. The molecule has 0 bridgehead atoms. The van der Waals surface area contributed by atoms with Crippen LogP contribution in [0.3, 0.4) is 0 Å². The molecule has 2 amide bonds. The SMILES string of the molecule is CC(C)(C)OC(=O)NCCC(=O)Nc1cccc(C(=O)O)c1. The molecule has 1 rings (SSSR count). The molecule has 7 heteroatoms. The van der Waals surface area contributed by atoms with Gasteiger partial charge in [0.1, 0.15) is 5.60 Å². The van der Waals surface area contributed by atoms with Gasteiger partial charge in [0.15, 0.2) is 0 Å². The van der Waals surface area contributed by atoms with Crippen molar-refractivity contribution in [2.24, 2.45) is 0 Å². The lowest BCUT2D eigenvalue weighted by atomic mass is 10.2. The van der Waals surface area contributed by atoms with Crippen LogP contribution in [0, 0.1) is 0 Å². The van der Waals surface area contributed by atoms with E-state index in [4.69, 9.17) is 9.84 Å². The number of nitrogens with one attached hydrogen (secondary N) is 2. The zero-order chi connectivity index (χ0) is 16.8. The van der Waals surface area contributed by atoms with Gasteiger partial charge in [-0.15, -0.1) is 0 Å². The van der Waals surface area contributed by atoms with Crippen LogP contribution in [-0.4, -0.2) is 35.2 Å². The summed E-state index contributed by atoms with van der Waals surface area (Å²) in [6, 6.07) is 5.92. The van der Waals surface area contributed by atoms with Crippen molar-refractivity contribution in [3.05, 3.63) is 29.8 Å². The molecule has 0 atom stereocenters. The fourth-order valence-corrected chi connectivity index (χ4v) is 1.55. The van der Waals surface area contributed by atoms with Crippen molar-refractivity contribution in [2.75, 3.05) is 11.9 Å². The molecule has 0 saturated carbocycles. The van der Waals surface area contributed by atoms with E-state index in [1.807, 2.05) is 0 Å². The lowest BCUT2D eigenvalue weighted by Gasteiger charge is -2.19. The maximum Gasteiger partial charge on any atom is 0.407 e. The minimum atomic E-state index is -1.07. The molecule has 7 nitrogen and oxygen atoms in total. The summed E-state index contributed by atoms with van der Waals surface area (Å²) in [6.07, 6.45) is -0.538. The van der Waals surface area contributed by atoms with Gasteiger partial charge in [0.05, 0.1) is 5.56 Å². The van der Waals surface area contributed by atoms with Gasteiger partial charge < -0.3 is 20.5 Å². The molecule has 120 valence electrons. The minimum absolute atomic E-state index is 0.0521. The molecule has 1 aromatic carbocycles. The summed E-state index contributed by atoms with van der Waals surface area (Å²) >= 11 is 0. The van der Waals surface area contributed by atoms with E-state index in [2.05, 4.69) is 10.6 Å². The Kier molecular flexibility index (Phi) is 5.91. The van der Waals surface area contributed by atoms with E-state index in [-0.39, 0.29) is 24.4 Å². The minimum Gasteiger partial charge on any atom is -0.478 e. The summed E-state index contributed by atoms with van der Waals surface area (Å²) in [5.41, 5.74) is -0.115. The number of hydrogen-bond acceptors (Lipinski definition) is 4. The predicted molar refractivity (Wildman–Crippen MR) is 80.9 cm³/mol. The van der Waals surface area contributed by atoms with Crippen LogP contribution in [0.15, 0.2) is 24.3 Å². The highest BCUT2D eigenvalue weighted by Crippen LogP contribution is 2.11. The molecular weight excluding hydrogens is 288 g/mol. The number of benzene rings is 1. The summed E-state index contributed by atoms with van der Waals surface area (Å²) in [5, 5.41) is 13.9. The molecule has 0 heterocycles. The quantitative estimate of drug-likeness (QED) is 0.773. The van der Waals surface area contributed by atoms with Gasteiger partial charge in [-0.05, 0) is 39.0 Å². The molecule has 3 N–H and O–H groups in total. The maximum absolute atomic E-state index is 11.7. The molecule has 0 saturated heterocycles. The number of ether oxygens (including phenoxy) is 1. The van der Waals surface area contributed by atoms with Gasteiger partial charge in [0.25, 0.3) is 0 Å². The topological polar surface area (TPSA) is 105 Å². The molecule has 0 aliphatic heterocycles. The van der Waals surface area contributed by atoms with Gasteiger partial charge in [-0.2, -0.15) is 0 Å². The number of carbonyl (C=O) groups excluding carboxylic acids is 2. The average molecular weight is 308 g/mol. The largest absolute Gasteiger partial charge is 0.478 e. The number of anilines is 1. The Labute approximate surface area is 128 Å². The standard InChI is InChI=1S/C15H20N2O5/c1-15(2,3)22-14(21)16-8-7-12(18)17-11-6-4-5-10(9-11)13(19)20/h4-6,9H,7-8H2,1-3H3,(H,16,21)(H,17,18)(H,19,20). The van der Waals surface area contributed by atoms with E-state index in [1.54, 1.807) is 26.8 Å². The number of carbonyl (C=O) groups is 3. The first-order chi connectivity index (χ1) is 10.2. The maximum atomic E-state index is 11.7. The van der Waals surface area contributed by atoms with Crippen molar-refractivity contribution in [3.8, 4) is 0 Å². The van der Waals surface area contributed by atoms with E-state index in [0.717, 1.165) is 0 Å². The van der Waals surface area contributed by atoms with Crippen molar-refractivity contribution in [2.45, 2.75) is 32.8 Å². The highest BCUT2D eigenvalue weighted by atomic mass is 16.6. The third-order valence-corrected chi connectivity index (χ3v) is 2.41. The molecule has 0 fully saturated rings. The Bertz CT molecular complexity index is 563. The van der Waals surface area contributed by atoms with Gasteiger partial charge in [-0.3, -0.25) is 4.79 Å². The second-order valence-electron chi connectivity index (χ2n) is 5.61. The first-order valence-electron chi connectivity index (χ1n) is 6.77. The molecule has 0 aliphatic carbocycles. The molecule has 0 spiro atoms. The van der Waals surface area contributed by atoms with Crippen molar-refractivity contribution in [1.29, 1.82) is 0 Å². The molecule has 22 heavy (non-hydrogen) atoms. The highest BCUT2D eigenvalue weighted by Gasteiger charge is 2.15. The van der Waals surface area contributed by atoms with Crippen LogP contribution >= 0.6 is 0 Å². The van der Waals surface area contributed by atoms with Crippen LogP contribution in [-0.2, 0) is 9.53 Å². The Morgan fingerprint density at radius 3 is 2.50 bits per heavy atom. The summed E-state index contributed by atoms with van der Waals surface area (Å²) in [6.45, 7) is 5.36. The monoisotopic (exact) mass is 308 g/mol. The Morgan fingerprint density at radius 2 is 1.91 bits per heavy atom. The zero-order valence-electron chi connectivity index (χ0n) is 12.8. The third kappa shape index (κ3) is 6.74. The zero-order valence-corrected chi connectivity index (χ0v) is 12.8. The van der Waals surface area contributed by atoms with Crippen molar-refractivity contribution < 1.29 is 24.2 Å². The molecule has 0 aliphatic rings. The number of rotatable bonds is 5. The highest BCUT2D eigenvalue weighted by molar-refractivity contribution is 5.94. The number of hydrogen-bond donors (Lipinski definition) is 3. The number of carboxylic acids is 1. The second kappa shape index (κ2) is 7.44. The van der Waals surface area contributed by atoms with Crippen molar-refractivity contribution in [1.82, 2.24) is 5.32 Å². The predicted octanol–water partition coefficient (Wildman–Crippen LogP) is 2.24. The first kappa shape index (κ1) is 17.5. The van der Waals surface area contributed by atoms with Crippen LogP contribution in [0.1, 0.15) is 37.6 Å². The number of amides is 2. The van der Waals surface area contributed by atoms with Crippen LogP contribution < -0.4 is 10.6 Å². The van der Waals surface area contributed by atoms with Gasteiger partial charge in [-0.25, -0.2) is 9.59 Å². The van der Waals surface area contributed by atoms with Crippen molar-refractivity contribution >= 4 is 23.7 Å². The van der Waals surface area contributed by atoms with Gasteiger partial charge >= 0.3 is 12.1 Å². The lowest BCUT2D eigenvalue weighted by Crippen LogP contribution is -2.34. The van der Waals surface area contributed by atoms with Gasteiger partial charge in [0, 0.05) is 18.7 Å². The molecule has 1 aromatic rings. The Morgan fingerprint density at radius 1 is 1.23 bits per heavy atom. The Hall–Kier alpha value is -2.57. The van der Waals surface area contributed by atoms with Crippen LogP contribution in [0.5, 0.6) is 0 Å². The van der Waals surface area contributed by atoms with E-state index < -0.39 is 17.7 Å². The Balaban J connectivity index is 2.39. The van der Waals surface area contributed by atoms with Gasteiger partial charge in [0.2, 0.25) is 5.91 Å². The van der Waals surface area contributed by atoms with Gasteiger partial charge in [-0.1, -0.05) is 6.07 Å². The van der Waals surface area contributed by atoms with Crippen LogP contribution in [0.25, 0.3) is 0 Å². The van der Waals surface area contributed by atoms with Crippen LogP contribution in [0.4, 0.5) is 10.5 Å². The summed E-state index contributed by atoms with van der Waals surface area (Å²) in [4.78, 5) is 33.9. The molecule has 0 unspecified atom stereocenters. The van der Waals surface area contributed by atoms with E-state index >= 15 is 0 Å². The smallest absolute Gasteiger partial charge is 0.407 e. The summed E-state index contributed by atoms with van der Waals surface area (Å²) in [7, 11) is 0. The van der Waals surface area contributed by atoms with E-state index in [0.29, 0.717) is 5.69 Å². The van der Waals surface area contributed by atoms with Crippen LogP contribution in [0.2, 0.25) is 0 Å². The number of aromatic carboxylic acids is 1. The van der Waals surface area contributed by atoms with E-state index in [1.165, 1.54) is 18.2 Å². The number of carboxylic acid groups (broad SMARTS) is 1. The first-order valence-corrected chi connectivity index (χ1v) is 6.77. The molecule has 0 radical (unpaired) electrons. The summed E-state index contributed by atoms with van der Waals surface area (Å²) in [5.74, 6) is -1.40. The molecule has 0 aromatic heterocycles. The average Bonchev–Trinajstić information content (AvgIpc) is 2.36. The lowest BCUT2D eigenvalue weighted by molar-refractivity contribution is -0.116. The second-order valence-corrected chi connectivity index (χ2v) is 5.61. The normalized spacial score (nSPS) is 10.7. The fraction of sp³-hybridized carbons (Fsp3) is 0.400. The van der Waals surface area contributed by atoms with Crippen molar-refractivity contribution in [3.63, 3.8) is 0 Å². The number of alkyl carbamates (subject to hydrolysis) is 1.